The van der Waals surface area contributed by atoms with E-state index in [2.05, 4.69) is 0 Å². The number of benzene rings is 1. The zero-order valence-corrected chi connectivity index (χ0v) is 10.4. The quantitative estimate of drug-likeness (QED) is 0.781. The van der Waals surface area contributed by atoms with E-state index >= 15 is 0 Å². The van der Waals surface area contributed by atoms with Crippen molar-refractivity contribution in [2.24, 2.45) is 11.8 Å². The summed E-state index contributed by atoms with van der Waals surface area (Å²) in [5, 5.41) is 0. The Morgan fingerprint density at radius 2 is 1.78 bits per heavy atom. The maximum Gasteiger partial charge on any atom is 0.256 e. The van der Waals surface area contributed by atoms with E-state index in [-0.39, 0.29) is 11.3 Å². The van der Waals surface area contributed by atoms with E-state index in [9.17, 15) is 13.6 Å². The number of nitrogen functional groups attached to an aromatic ring is 1. The molecule has 5 heteroatoms. The van der Waals surface area contributed by atoms with Gasteiger partial charge in [0.1, 0.15) is 11.6 Å². The average Bonchev–Trinajstić information content (AvgIpc) is 2.63. The molecule has 2 rings (SSSR count). The lowest BCUT2D eigenvalue weighted by molar-refractivity contribution is 0.0780. The molecule has 1 aliphatic rings. The second-order valence-electron chi connectivity index (χ2n) is 5.02. The Kier molecular flexibility index (Phi) is 3.24. The Labute approximate surface area is 105 Å². The van der Waals surface area contributed by atoms with Crippen molar-refractivity contribution in [2.75, 3.05) is 18.8 Å². The van der Waals surface area contributed by atoms with Crippen LogP contribution in [0.4, 0.5) is 14.5 Å². The minimum atomic E-state index is -0.862. The molecule has 1 heterocycles. The molecule has 0 spiro atoms. The third-order valence-corrected chi connectivity index (χ3v) is 3.59. The van der Waals surface area contributed by atoms with Crippen LogP contribution in [0.3, 0.4) is 0 Å². The van der Waals surface area contributed by atoms with Crippen molar-refractivity contribution in [3.05, 3.63) is 29.3 Å². The summed E-state index contributed by atoms with van der Waals surface area (Å²) in [4.78, 5) is 13.7. The topological polar surface area (TPSA) is 46.3 Å². The number of nitrogens with two attached hydrogens (primary N) is 1. The van der Waals surface area contributed by atoms with E-state index in [1.54, 1.807) is 4.90 Å². The first-order valence-corrected chi connectivity index (χ1v) is 5.94. The molecule has 0 radical (unpaired) electrons. The van der Waals surface area contributed by atoms with Gasteiger partial charge in [-0.2, -0.15) is 0 Å². The molecule has 2 N–H and O–H groups in total. The van der Waals surface area contributed by atoms with Crippen LogP contribution in [0.5, 0.6) is 0 Å². The SMILES string of the molecule is CC1CN(C(=O)c2cc(N)c(F)cc2F)CC1C. The van der Waals surface area contributed by atoms with Crippen LogP contribution in [-0.2, 0) is 0 Å². The van der Waals surface area contributed by atoms with Crippen LogP contribution in [0.25, 0.3) is 0 Å². The van der Waals surface area contributed by atoms with E-state index in [0.717, 1.165) is 6.07 Å². The van der Waals surface area contributed by atoms with Crippen molar-refractivity contribution in [3.63, 3.8) is 0 Å². The highest BCUT2D eigenvalue weighted by Gasteiger charge is 2.31. The van der Waals surface area contributed by atoms with Gasteiger partial charge in [-0.05, 0) is 17.9 Å². The molecule has 0 bridgehead atoms. The number of nitrogens with zero attached hydrogens (tertiary/aromatic N) is 1. The lowest BCUT2D eigenvalue weighted by Crippen LogP contribution is -2.29. The van der Waals surface area contributed by atoms with Gasteiger partial charge in [0.2, 0.25) is 0 Å². The minimum absolute atomic E-state index is 0.157. The Balaban J connectivity index is 2.27. The molecular weight excluding hydrogens is 238 g/mol. The number of hydrogen-bond acceptors (Lipinski definition) is 2. The Hall–Kier alpha value is -1.65. The van der Waals surface area contributed by atoms with Gasteiger partial charge in [0.05, 0.1) is 11.3 Å². The fourth-order valence-corrected chi connectivity index (χ4v) is 2.20. The minimum Gasteiger partial charge on any atom is -0.396 e. The van der Waals surface area contributed by atoms with Crippen molar-refractivity contribution < 1.29 is 13.6 Å². The van der Waals surface area contributed by atoms with E-state index in [1.165, 1.54) is 0 Å². The third-order valence-electron chi connectivity index (χ3n) is 3.59. The molecule has 1 saturated heterocycles. The van der Waals surface area contributed by atoms with Gasteiger partial charge in [-0.1, -0.05) is 13.8 Å². The van der Waals surface area contributed by atoms with Gasteiger partial charge < -0.3 is 10.6 Å². The Morgan fingerprint density at radius 1 is 1.22 bits per heavy atom. The first kappa shape index (κ1) is 12.8. The van der Waals surface area contributed by atoms with Crippen molar-refractivity contribution in [1.29, 1.82) is 0 Å². The summed E-state index contributed by atoms with van der Waals surface area (Å²) in [5.41, 5.74) is 5.00. The molecule has 0 saturated carbocycles. The molecule has 0 aliphatic carbocycles. The van der Waals surface area contributed by atoms with Crippen molar-refractivity contribution in [3.8, 4) is 0 Å². The second-order valence-corrected chi connectivity index (χ2v) is 5.02. The highest BCUT2D eigenvalue weighted by atomic mass is 19.1. The van der Waals surface area contributed by atoms with Gasteiger partial charge in [0.15, 0.2) is 0 Å². The molecular formula is C13H16F2N2O. The van der Waals surface area contributed by atoms with Crippen LogP contribution >= 0.6 is 0 Å². The van der Waals surface area contributed by atoms with E-state index in [0.29, 0.717) is 31.0 Å². The molecule has 2 atom stereocenters. The lowest BCUT2D eigenvalue weighted by atomic mass is 10.0. The summed E-state index contributed by atoms with van der Waals surface area (Å²) < 4.78 is 26.6. The Morgan fingerprint density at radius 3 is 2.33 bits per heavy atom. The number of anilines is 1. The van der Waals surface area contributed by atoms with Gasteiger partial charge in [-0.3, -0.25) is 4.79 Å². The predicted molar refractivity (Wildman–Crippen MR) is 65.0 cm³/mol. The van der Waals surface area contributed by atoms with Crippen molar-refractivity contribution in [1.82, 2.24) is 4.90 Å². The van der Waals surface area contributed by atoms with Gasteiger partial charge in [-0.15, -0.1) is 0 Å². The van der Waals surface area contributed by atoms with Gasteiger partial charge in [-0.25, -0.2) is 8.78 Å². The summed E-state index contributed by atoms with van der Waals surface area (Å²) >= 11 is 0. The predicted octanol–water partition coefficient (Wildman–Crippen LogP) is 2.28. The van der Waals surface area contributed by atoms with Crippen LogP contribution in [-0.4, -0.2) is 23.9 Å². The molecule has 1 aliphatic heterocycles. The molecule has 18 heavy (non-hydrogen) atoms. The smallest absolute Gasteiger partial charge is 0.256 e. The maximum absolute atomic E-state index is 13.6. The summed E-state index contributed by atoms with van der Waals surface area (Å²) in [6.45, 7) is 5.29. The van der Waals surface area contributed by atoms with Gasteiger partial charge in [0, 0.05) is 19.2 Å². The number of carbonyl (C=O) groups excluding carboxylic acids is 1. The molecule has 98 valence electrons. The summed E-state index contributed by atoms with van der Waals surface area (Å²) in [6.07, 6.45) is 0. The van der Waals surface area contributed by atoms with Crippen LogP contribution < -0.4 is 5.73 Å². The molecule has 1 aromatic carbocycles. The normalized spacial score (nSPS) is 23.4. The third kappa shape index (κ3) is 2.17. The molecule has 2 unspecified atom stereocenters. The highest BCUT2D eigenvalue weighted by Crippen LogP contribution is 2.25. The summed E-state index contributed by atoms with van der Waals surface area (Å²) in [7, 11) is 0. The Bertz CT molecular complexity index is 480. The van der Waals surface area contributed by atoms with E-state index in [4.69, 9.17) is 5.73 Å². The first-order chi connectivity index (χ1) is 8.40. The fraction of sp³-hybridized carbons (Fsp3) is 0.462. The zero-order chi connectivity index (χ0) is 13.4. The van der Waals surface area contributed by atoms with Gasteiger partial charge in [0.25, 0.3) is 5.91 Å². The van der Waals surface area contributed by atoms with E-state index in [1.807, 2.05) is 13.8 Å². The highest BCUT2D eigenvalue weighted by molar-refractivity contribution is 5.95. The summed E-state index contributed by atoms with van der Waals surface area (Å²) in [5.74, 6) is -1.36. The maximum atomic E-state index is 13.6. The number of amides is 1. The monoisotopic (exact) mass is 254 g/mol. The number of carbonyl (C=O) groups is 1. The number of halogens is 2. The van der Waals surface area contributed by atoms with Crippen molar-refractivity contribution >= 4 is 11.6 Å². The molecule has 1 amide bonds. The van der Waals surface area contributed by atoms with Crippen LogP contribution in [0, 0.1) is 23.5 Å². The van der Waals surface area contributed by atoms with E-state index < -0.39 is 17.5 Å². The average molecular weight is 254 g/mol. The number of hydrogen-bond donors (Lipinski definition) is 1. The summed E-state index contributed by atoms with van der Waals surface area (Å²) in [6, 6.07) is 1.73. The number of likely N-dealkylation sites (tertiary alicyclic amines) is 1. The molecule has 3 nitrogen and oxygen atoms in total. The lowest BCUT2D eigenvalue weighted by Gasteiger charge is -2.16. The van der Waals surface area contributed by atoms with Crippen LogP contribution in [0.15, 0.2) is 12.1 Å². The second kappa shape index (κ2) is 4.55. The van der Waals surface area contributed by atoms with Crippen LogP contribution in [0.2, 0.25) is 0 Å². The molecule has 1 fully saturated rings. The largest absolute Gasteiger partial charge is 0.396 e. The standard InChI is InChI=1S/C13H16F2N2O/c1-7-5-17(6-8(7)2)13(18)9-3-12(16)11(15)4-10(9)14/h3-4,7-8H,5-6,16H2,1-2H3. The number of rotatable bonds is 1. The molecule has 1 aromatic rings. The van der Waals surface area contributed by atoms with Gasteiger partial charge >= 0.3 is 0 Å². The van der Waals surface area contributed by atoms with Crippen molar-refractivity contribution in [2.45, 2.75) is 13.8 Å². The zero-order valence-electron chi connectivity index (χ0n) is 10.4. The fourth-order valence-electron chi connectivity index (χ4n) is 2.20. The molecule has 0 aromatic heterocycles. The van der Waals surface area contributed by atoms with Crippen LogP contribution in [0.1, 0.15) is 24.2 Å². The first-order valence-electron chi connectivity index (χ1n) is 5.94.